The number of rotatable bonds is 10. The topological polar surface area (TPSA) is 110 Å². The lowest BCUT2D eigenvalue weighted by molar-refractivity contribution is -0.111. The molecule has 1 aromatic carbocycles. The number of carbonyl (C=O) groups is 1. The number of carbonyl (C=O) groups excluding carboxylic acids is 1. The fraction of sp³-hybridized carbons (Fsp3) is 0.231. The zero-order valence-electron chi connectivity index (χ0n) is 21.2. The predicted molar refractivity (Wildman–Crippen MR) is 147 cm³/mol. The van der Waals surface area contributed by atoms with Crippen LogP contribution in [0.1, 0.15) is 0 Å². The second-order valence-electron chi connectivity index (χ2n) is 7.91. The van der Waals surface area contributed by atoms with Crippen molar-refractivity contribution < 1.29 is 23.7 Å². The van der Waals surface area contributed by atoms with Gasteiger partial charge in [-0.1, -0.05) is 29.8 Å². The van der Waals surface area contributed by atoms with Gasteiger partial charge in [0, 0.05) is 35.7 Å². The van der Waals surface area contributed by atoms with E-state index in [2.05, 4.69) is 27.0 Å². The number of halogens is 2. The van der Waals surface area contributed by atoms with E-state index in [0.717, 1.165) is 0 Å². The van der Waals surface area contributed by atoms with Crippen molar-refractivity contribution >= 4 is 45.6 Å². The van der Waals surface area contributed by atoms with Crippen LogP contribution in [0.3, 0.4) is 0 Å². The highest BCUT2D eigenvalue weighted by molar-refractivity contribution is 6.41. The lowest BCUT2D eigenvalue weighted by Gasteiger charge is -2.16. The molecule has 0 aliphatic heterocycles. The lowest BCUT2D eigenvalue weighted by Crippen LogP contribution is -2.11. The molecule has 3 aromatic heterocycles. The van der Waals surface area contributed by atoms with Crippen LogP contribution in [0.5, 0.6) is 17.4 Å². The summed E-state index contributed by atoms with van der Waals surface area (Å²) in [5, 5.41) is 9.11. The fourth-order valence-corrected chi connectivity index (χ4v) is 4.61. The second kappa shape index (κ2) is 11.7. The van der Waals surface area contributed by atoms with Crippen LogP contribution in [0.15, 0.2) is 43.2 Å². The summed E-state index contributed by atoms with van der Waals surface area (Å²) < 4.78 is 23.4. The first-order valence-corrected chi connectivity index (χ1v) is 12.1. The van der Waals surface area contributed by atoms with E-state index in [1.165, 1.54) is 27.4 Å². The number of methoxy groups -OCH3 is 4. The lowest BCUT2D eigenvalue weighted by atomic mass is 10.1. The normalized spacial score (nSPS) is 10.9. The van der Waals surface area contributed by atoms with E-state index in [1.807, 2.05) is 6.07 Å². The minimum atomic E-state index is -0.371. The van der Waals surface area contributed by atoms with Crippen LogP contribution in [-0.2, 0) is 16.1 Å². The summed E-state index contributed by atoms with van der Waals surface area (Å²) in [4.78, 5) is 21.4. The Hall–Kier alpha value is -3.86. The molecule has 3 heterocycles. The monoisotopic (exact) mass is 557 g/mol. The molecule has 10 nitrogen and oxygen atoms in total. The van der Waals surface area contributed by atoms with Gasteiger partial charge in [-0.15, -0.1) is 0 Å². The van der Waals surface area contributed by atoms with Crippen LogP contribution in [0, 0.1) is 0 Å². The zero-order chi connectivity index (χ0) is 27.4. The van der Waals surface area contributed by atoms with Gasteiger partial charge in [0.15, 0.2) is 0 Å². The third-order valence-electron chi connectivity index (χ3n) is 5.74. The summed E-state index contributed by atoms with van der Waals surface area (Å²) in [5.74, 6) is 0.714. The smallest absolute Gasteiger partial charge is 0.247 e. The summed E-state index contributed by atoms with van der Waals surface area (Å²) in [6, 6.07) is 5.21. The highest BCUT2D eigenvalue weighted by atomic mass is 35.5. The van der Waals surface area contributed by atoms with Crippen LogP contribution in [-0.4, -0.2) is 60.7 Å². The average molecular weight is 558 g/mol. The van der Waals surface area contributed by atoms with Gasteiger partial charge in [-0.05, 0) is 18.2 Å². The van der Waals surface area contributed by atoms with Crippen molar-refractivity contribution in [2.45, 2.75) is 6.54 Å². The van der Waals surface area contributed by atoms with E-state index in [0.29, 0.717) is 69.6 Å². The van der Waals surface area contributed by atoms with Crippen LogP contribution in [0.2, 0.25) is 10.0 Å². The Bertz CT molecular complexity index is 1490. The standard InChI is InChI=1S/C26H25Cl2N5O5/c1-6-21(34)31-18-13-30-33(7-8-35-2)25(18)17-10-15-14(12-29-17)9-16(32-26(15)38-5)22-23(27)19(36-3)11-20(37-4)24(22)28/h6,9-13H,1,7-8H2,2-5H3,(H,31,34). The third-order valence-corrected chi connectivity index (χ3v) is 6.49. The van der Waals surface area contributed by atoms with Crippen molar-refractivity contribution in [1.82, 2.24) is 19.7 Å². The maximum atomic E-state index is 12.0. The molecule has 1 amide bonds. The number of hydrogen-bond acceptors (Lipinski definition) is 8. The van der Waals surface area contributed by atoms with Crippen molar-refractivity contribution in [2.24, 2.45) is 0 Å². The predicted octanol–water partition coefficient (Wildman–Crippen LogP) is 5.26. The van der Waals surface area contributed by atoms with E-state index in [4.69, 9.17) is 42.1 Å². The molecule has 38 heavy (non-hydrogen) atoms. The number of amides is 1. The molecule has 0 saturated heterocycles. The summed E-state index contributed by atoms with van der Waals surface area (Å²) in [6.45, 7) is 4.37. The molecule has 0 fully saturated rings. The molecule has 0 spiro atoms. The Morgan fingerprint density at radius 2 is 1.74 bits per heavy atom. The molecule has 1 N–H and O–H groups in total. The molecular weight excluding hydrogens is 533 g/mol. The van der Waals surface area contributed by atoms with Gasteiger partial charge in [0.05, 0.1) is 67.8 Å². The highest BCUT2D eigenvalue weighted by Crippen LogP contribution is 2.46. The van der Waals surface area contributed by atoms with Gasteiger partial charge in [-0.25, -0.2) is 4.98 Å². The minimum absolute atomic E-state index is 0.279. The molecule has 0 atom stereocenters. The number of ether oxygens (including phenoxy) is 4. The van der Waals surface area contributed by atoms with Crippen molar-refractivity contribution in [3.8, 4) is 40.0 Å². The first-order valence-electron chi connectivity index (χ1n) is 11.3. The van der Waals surface area contributed by atoms with Gasteiger partial charge in [0.1, 0.15) is 17.2 Å². The number of benzene rings is 1. The van der Waals surface area contributed by atoms with Crippen molar-refractivity contribution in [3.05, 3.63) is 53.3 Å². The second-order valence-corrected chi connectivity index (χ2v) is 8.66. The summed E-state index contributed by atoms with van der Waals surface area (Å²) in [7, 11) is 6.12. The van der Waals surface area contributed by atoms with Crippen molar-refractivity contribution in [1.29, 1.82) is 0 Å². The van der Waals surface area contributed by atoms with Gasteiger partial charge < -0.3 is 24.3 Å². The van der Waals surface area contributed by atoms with E-state index in [1.54, 1.807) is 36.3 Å². The van der Waals surface area contributed by atoms with E-state index in [-0.39, 0.29) is 16.0 Å². The molecule has 12 heteroatoms. The largest absolute Gasteiger partial charge is 0.495 e. The molecule has 0 saturated carbocycles. The number of pyridine rings is 2. The van der Waals surface area contributed by atoms with Gasteiger partial charge in [0.2, 0.25) is 11.8 Å². The maximum absolute atomic E-state index is 12.0. The molecular formula is C26H25Cl2N5O5. The Morgan fingerprint density at radius 3 is 2.34 bits per heavy atom. The van der Waals surface area contributed by atoms with Crippen LogP contribution in [0.4, 0.5) is 5.69 Å². The molecule has 0 radical (unpaired) electrons. The van der Waals surface area contributed by atoms with Crippen molar-refractivity contribution in [2.75, 3.05) is 40.4 Å². The first-order chi connectivity index (χ1) is 18.4. The van der Waals surface area contributed by atoms with Gasteiger partial charge in [-0.3, -0.25) is 14.5 Å². The number of fused-ring (bicyclic) bond motifs is 1. The van der Waals surface area contributed by atoms with Crippen LogP contribution >= 0.6 is 23.2 Å². The number of nitrogens with one attached hydrogen (secondary N) is 1. The van der Waals surface area contributed by atoms with E-state index < -0.39 is 0 Å². The molecule has 0 unspecified atom stereocenters. The maximum Gasteiger partial charge on any atom is 0.247 e. The van der Waals surface area contributed by atoms with Crippen LogP contribution in [0.25, 0.3) is 33.4 Å². The van der Waals surface area contributed by atoms with Gasteiger partial charge >= 0.3 is 0 Å². The Kier molecular flexibility index (Phi) is 8.35. The molecule has 0 aliphatic rings. The number of hydrogen-bond donors (Lipinski definition) is 1. The molecule has 198 valence electrons. The molecule has 0 bridgehead atoms. The highest BCUT2D eigenvalue weighted by Gasteiger charge is 2.22. The summed E-state index contributed by atoms with van der Waals surface area (Å²) in [5.41, 5.74) is 2.48. The molecule has 4 rings (SSSR count). The average Bonchev–Trinajstić information content (AvgIpc) is 3.33. The minimum Gasteiger partial charge on any atom is -0.495 e. The molecule has 4 aromatic rings. The number of aromatic nitrogens is 4. The number of nitrogens with zero attached hydrogens (tertiary/aromatic N) is 4. The van der Waals surface area contributed by atoms with Crippen molar-refractivity contribution in [3.63, 3.8) is 0 Å². The number of anilines is 1. The Balaban J connectivity index is 1.90. The fourth-order valence-electron chi connectivity index (χ4n) is 3.92. The molecule has 0 aliphatic carbocycles. The van der Waals surface area contributed by atoms with Crippen LogP contribution < -0.4 is 19.5 Å². The van der Waals surface area contributed by atoms with Gasteiger partial charge in [-0.2, -0.15) is 5.10 Å². The Morgan fingerprint density at radius 1 is 1.03 bits per heavy atom. The SMILES string of the molecule is C=CC(=O)Nc1cnn(CCOC)c1-c1cc2c(OC)nc(-c3c(Cl)c(OC)cc(OC)c3Cl)cc2cn1. The quantitative estimate of drug-likeness (QED) is 0.263. The zero-order valence-corrected chi connectivity index (χ0v) is 22.7. The van der Waals surface area contributed by atoms with E-state index >= 15 is 0 Å². The summed E-state index contributed by atoms with van der Waals surface area (Å²) in [6.07, 6.45) is 4.41. The van der Waals surface area contributed by atoms with E-state index in [9.17, 15) is 4.79 Å². The van der Waals surface area contributed by atoms with Gasteiger partial charge in [0.25, 0.3) is 0 Å². The Labute approximate surface area is 229 Å². The summed E-state index contributed by atoms with van der Waals surface area (Å²) >= 11 is 13.2. The third kappa shape index (κ3) is 5.10. The first kappa shape index (κ1) is 27.2.